The zero-order chi connectivity index (χ0) is 18.1. The molecular weight excluding hydrogens is 344 g/mol. The van der Waals surface area contributed by atoms with Gasteiger partial charge in [0.1, 0.15) is 11.4 Å². The summed E-state index contributed by atoms with van der Waals surface area (Å²) in [5.41, 5.74) is 2.96. The monoisotopic (exact) mass is 368 g/mol. The van der Waals surface area contributed by atoms with Crippen LogP contribution in [-0.4, -0.2) is 28.5 Å². The normalized spacial score (nSPS) is 14.8. The third-order valence-electron chi connectivity index (χ3n) is 5.44. The number of hydrogen-bond acceptors (Lipinski definition) is 3. The van der Waals surface area contributed by atoms with E-state index in [-0.39, 0.29) is 5.91 Å². The number of carbonyl (C=O) groups excluding carboxylic acids is 1. The second-order valence-electron chi connectivity index (χ2n) is 6.94. The van der Waals surface area contributed by atoms with Crippen LogP contribution < -0.4 is 4.74 Å². The Labute approximate surface area is 158 Å². The summed E-state index contributed by atoms with van der Waals surface area (Å²) < 4.78 is 8.70. The highest BCUT2D eigenvalue weighted by molar-refractivity contribution is 7.17. The number of ether oxygens (including phenoxy) is 1. The van der Waals surface area contributed by atoms with Crippen LogP contribution in [0, 0.1) is 0 Å². The molecule has 3 aromatic rings. The van der Waals surface area contributed by atoms with Crippen molar-refractivity contribution in [3.05, 3.63) is 53.0 Å². The molecule has 1 amide bonds. The fraction of sp³-hybridized carbons (Fsp3) is 0.381. The number of aryl methyl sites for hydroxylation is 1. The highest BCUT2D eigenvalue weighted by Crippen LogP contribution is 2.31. The van der Waals surface area contributed by atoms with Crippen molar-refractivity contribution in [1.82, 2.24) is 9.47 Å². The minimum atomic E-state index is 0.119. The number of benzene rings is 1. The van der Waals surface area contributed by atoms with E-state index in [1.54, 1.807) is 18.4 Å². The maximum absolute atomic E-state index is 13.5. The lowest BCUT2D eigenvalue weighted by Gasteiger charge is -2.30. The molecule has 2 aromatic heterocycles. The van der Waals surface area contributed by atoms with E-state index in [1.807, 2.05) is 35.9 Å². The number of fused-ring (bicyclic) bond motifs is 1. The molecule has 4 nitrogen and oxygen atoms in total. The second-order valence-corrected chi connectivity index (χ2v) is 7.89. The number of para-hydroxylation sites is 1. The lowest BCUT2D eigenvalue weighted by molar-refractivity contribution is 0.0653. The van der Waals surface area contributed by atoms with Crippen molar-refractivity contribution in [2.24, 2.45) is 7.05 Å². The van der Waals surface area contributed by atoms with Crippen LogP contribution in [-0.2, 0) is 13.6 Å². The first-order valence-electron chi connectivity index (χ1n) is 9.15. The summed E-state index contributed by atoms with van der Waals surface area (Å²) in [7, 11) is 3.67. The van der Waals surface area contributed by atoms with E-state index >= 15 is 0 Å². The van der Waals surface area contributed by atoms with Crippen LogP contribution in [0.2, 0.25) is 0 Å². The van der Waals surface area contributed by atoms with Gasteiger partial charge in [0.2, 0.25) is 0 Å². The van der Waals surface area contributed by atoms with Crippen molar-refractivity contribution >= 4 is 27.5 Å². The highest BCUT2D eigenvalue weighted by Gasteiger charge is 2.30. The summed E-state index contributed by atoms with van der Waals surface area (Å²) >= 11 is 1.68. The molecule has 0 bridgehead atoms. The number of methoxy groups -OCH3 is 1. The summed E-state index contributed by atoms with van der Waals surface area (Å²) in [4.78, 5) is 15.6. The average molecular weight is 369 g/mol. The van der Waals surface area contributed by atoms with Crippen LogP contribution in [0.25, 0.3) is 10.2 Å². The van der Waals surface area contributed by atoms with Crippen LogP contribution in [0.15, 0.2) is 41.8 Å². The summed E-state index contributed by atoms with van der Waals surface area (Å²) in [6.45, 7) is 0.590. The Hall–Kier alpha value is -2.27. The third-order valence-corrected chi connectivity index (χ3v) is 6.30. The predicted molar refractivity (Wildman–Crippen MR) is 106 cm³/mol. The van der Waals surface area contributed by atoms with Gasteiger partial charge in [-0.1, -0.05) is 31.0 Å². The highest BCUT2D eigenvalue weighted by atomic mass is 32.1. The molecule has 1 fully saturated rings. The van der Waals surface area contributed by atoms with Crippen LogP contribution >= 0.6 is 11.3 Å². The smallest absolute Gasteiger partial charge is 0.271 e. The number of thiophene rings is 1. The molecule has 2 heterocycles. The van der Waals surface area contributed by atoms with Crippen molar-refractivity contribution in [3.63, 3.8) is 0 Å². The summed E-state index contributed by atoms with van der Waals surface area (Å²) in [5, 5.41) is 2.07. The molecule has 0 saturated heterocycles. The molecule has 0 N–H and O–H groups in total. The molecule has 4 rings (SSSR count). The number of amides is 1. The first-order valence-corrected chi connectivity index (χ1v) is 10.0. The molecule has 5 heteroatoms. The van der Waals surface area contributed by atoms with E-state index in [4.69, 9.17) is 4.74 Å². The molecule has 0 unspecified atom stereocenters. The van der Waals surface area contributed by atoms with Gasteiger partial charge < -0.3 is 14.2 Å². The third kappa shape index (κ3) is 3.01. The number of hydrogen-bond donors (Lipinski definition) is 0. The Balaban J connectivity index is 1.69. The first-order chi connectivity index (χ1) is 12.7. The Bertz CT molecular complexity index is 921. The van der Waals surface area contributed by atoms with E-state index < -0.39 is 0 Å². The van der Waals surface area contributed by atoms with Gasteiger partial charge in [-0.3, -0.25) is 4.79 Å². The Kier molecular flexibility index (Phi) is 4.72. The molecule has 136 valence electrons. The minimum absolute atomic E-state index is 0.119. The van der Waals surface area contributed by atoms with Crippen LogP contribution in [0.5, 0.6) is 5.75 Å². The van der Waals surface area contributed by atoms with Crippen molar-refractivity contribution in [1.29, 1.82) is 0 Å². The zero-order valence-electron chi connectivity index (χ0n) is 15.3. The predicted octanol–water partition coefficient (Wildman–Crippen LogP) is 4.83. The maximum atomic E-state index is 13.5. The van der Waals surface area contributed by atoms with Gasteiger partial charge in [0.05, 0.1) is 17.3 Å². The van der Waals surface area contributed by atoms with Crippen LogP contribution in [0.4, 0.5) is 0 Å². The summed E-state index contributed by atoms with van der Waals surface area (Å²) in [5.74, 6) is 0.963. The number of carbonyl (C=O) groups is 1. The molecule has 0 spiro atoms. The Morgan fingerprint density at radius 2 is 2.04 bits per heavy atom. The topological polar surface area (TPSA) is 34.5 Å². The molecule has 1 aliphatic carbocycles. The molecule has 0 atom stereocenters. The van der Waals surface area contributed by atoms with Gasteiger partial charge >= 0.3 is 0 Å². The first kappa shape index (κ1) is 17.2. The van der Waals surface area contributed by atoms with Gasteiger partial charge in [-0.05, 0) is 36.4 Å². The Morgan fingerprint density at radius 1 is 1.27 bits per heavy atom. The van der Waals surface area contributed by atoms with E-state index in [2.05, 4.69) is 22.4 Å². The molecule has 26 heavy (non-hydrogen) atoms. The SMILES string of the molecule is COc1ccccc1CN(C(=O)c1cc2sccc2n1C)C1CCCC1. The maximum Gasteiger partial charge on any atom is 0.271 e. The molecule has 0 aliphatic heterocycles. The number of aromatic nitrogens is 1. The molecular formula is C21H24N2O2S. The van der Waals surface area contributed by atoms with Gasteiger partial charge in [-0.15, -0.1) is 11.3 Å². The largest absolute Gasteiger partial charge is 0.496 e. The summed E-state index contributed by atoms with van der Waals surface area (Å²) in [6, 6.07) is 12.4. The van der Waals surface area contributed by atoms with Gasteiger partial charge in [0.25, 0.3) is 5.91 Å². The standard InChI is InChI=1S/C21H24N2O2S/c1-22-17-11-12-26-20(17)13-18(22)21(24)23(16-8-4-5-9-16)14-15-7-3-6-10-19(15)25-2/h3,6-7,10-13,16H,4-5,8-9,14H2,1-2H3. The van der Waals surface area contributed by atoms with Gasteiger partial charge in [0, 0.05) is 25.2 Å². The zero-order valence-corrected chi connectivity index (χ0v) is 16.1. The number of nitrogens with zero attached hydrogens (tertiary/aromatic N) is 2. The minimum Gasteiger partial charge on any atom is -0.496 e. The lowest BCUT2D eigenvalue weighted by Crippen LogP contribution is -2.39. The molecule has 1 saturated carbocycles. The lowest BCUT2D eigenvalue weighted by atomic mass is 10.1. The quantitative estimate of drug-likeness (QED) is 0.646. The average Bonchev–Trinajstić information content (AvgIpc) is 3.39. The number of rotatable bonds is 5. The second kappa shape index (κ2) is 7.16. The van der Waals surface area contributed by atoms with Gasteiger partial charge in [-0.2, -0.15) is 0 Å². The van der Waals surface area contributed by atoms with Crippen LogP contribution in [0.1, 0.15) is 41.7 Å². The van der Waals surface area contributed by atoms with E-state index in [9.17, 15) is 4.79 Å². The van der Waals surface area contributed by atoms with Crippen molar-refractivity contribution in [2.75, 3.05) is 7.11 Å². The van der Waals surface area contributed by atoms with Crippen molar-refractivity contribution < 1.29 is 9.53 Å². The van der Waals surface area contributed by atoms with Gasteiger partial charge in [-0.25, -0.2) is 0 Å². The van der Waals surface area contributed by atoms with Crippen molar-refractivity contribution in [2.45, 2.75) is 38.3 Å². The van der Waals surface area contributed by atoms with E-state index in [1.165, 1.54) is 17.5 Å². The molecule has 1 aromatic carbocycles. The molecule has 1 aliphatic rings. The Morgan fingerprint density at radius 3 is 2.77 bits per heavy atom. The fourth-order valence-electron chi connectivity index (χ4n) is 4.00. The van der Waals surface area contributed by atoms with Gasteiger partial charge in [0.15, 0.2) is 0 Å². The molecule has 0 radical (unpaired) electrons. The van der Waals surface area contributed by atoms with Crippen LogP contribution in [0.3, 0.4) is 0 Å². The van der Waals surface area contributed by atoms with E-state index in [0.29, 0.717) is 12.6 Å². The van der Waals surface area contributed by atoms with E-state index in [0.717, 1.165) is 35.4 Å². The van der Waals surface area contributed by atoms with Crippen molar-refractivity contribution in [3.8, 4) is 5.75 Å². The summed E-state index contributed by atoms with van der Waals surface area (Å²) in [6.07, 6.45) is 4.56. The fourth-order valence-corrected chi connectivity index (χ4v) is 4.85.